The number of carbonyl (C=O) groups excluding carboxylic acids is 1. The summed E-state index contributed by atoms with van der Waals surface area (Å²) in [6.07, 6.45) is 0. The monoisotopic (exact) mass is 327 g/mol. The van der Waals surface area contributed by atoms with E-state index in [0.29, 0.717) is 10.7 Å². The standard InChI is InChI=1S/C16H14ClN5O/c1-10-6-8-11(9-7-10)22-15(18)14(20-21-22)16(23)19-13-5-3-2-4-12(13)17/h2-9H,18H2,1H3,(H,19,23). The third-order valence-corrected chi connectivity index (χ3v) is 3.65. The van der Waals surface area contributed by atoms with Gasteiger partial charge in [0.05, 0.1) is 16.4 Å². The van der Waals surface area contributed by atoms with E-state index in [0.717, 1.165) is 11.3 Å². The van der Waals surface area contributed by atoms with Gasteiger partial charge in [-0.15, -0.1) is 5.10 Å². The molecule has 6 nitrogen and oxygen atoms in total. The Labute approximate surface area is 137 Å². The summed E-state index contributed by atoms with van der Waals surface area (Å²) in [5, 5.41) is 10.9. The normalized spacial score (nSPS) is 10.5. The van der Waals surface area contributed by atoms with Crippen LogP contribution in [-0.4, -0.2) is 20.9 Å². The molecule has 1 amide bonds. The Morgan fingerprint density at radius 1 is 1.17 bits per heavy atom. The second-order valence-corrected chi connectivity index (χ2v) is 5.41. The number of hydrogen-bond acceptors (Lipinski definition) is 4. The molecule has 0 aliphatic rings. The van der Waals surface area contributed by atoms with E-state index in [1.807, 2.05) is 31.2 Å². The van der Waals surface area contributed by atoms with Crippen molar-refractivity contribution in [2.75, 3.05) is 11.1 Å². The second-order valence-electron chi connectivity index (χ2n) is 5.00. The molecule has 0 atom stereocenters. The van der Waals surface area contributed by atoms with Gasteiger partial charge in [0, 0.05) is 0 Å². The predicted molar refractivity (Wildman–Crippen MR) is 89.9 cm³/mol. The van der Waals surface area contributed by atoms with Crippen LogP contribution < -0.4 is 11.1 Å². The third kappa shape index (κ3) is 3.02. The maximum Gasteiger partial charge on any atom is 0.280 e. The van der Waals surface area contributed by atoms with Gasteiger partial charge in [-0.3, -0.25) is 4.79 Å². The highest BCUT2D eigenvalue weighted by Crippen LogP contribution is 2.22. The predicted octanol–water partition coefficient (Wildman–Crippen LogP) is 3.06. The van der Waals surface area contributed by atoms with Crippen LogP contribution in [0.5, 0.6) is 0 Å². The molecule has 2 aromatic carbocycles. The van der Waals surface area contributed by atoms with E-state index >= 15 is 0 Å². The Bertz CT molecular complexity index is 857. The van der Waals surface area contributed by atoms with Gasteiger partial charge in [-0.2, -0.15) is 4.68 Å². The number of nitrogen functional groups attached to an aromatic ring is 1. The second kappa shape index (κ2) is 6.10. The quantitative estimate of drug-likeness (QED) is 0.774. The fraction of sp³-hybridized carbons (Fsp3) is 0.0625. The molecule has 116 valence electrons. The van der Waals surface area contributed by atoms with Crippen molar-refractivity contribution in [1.82, 2.24) is 15.0 Å². The lowest BCUT2D eigenvalue weighted by Crippen LogP contribution is -2.15. The number of amides is 1. The van der Waals surface area contributed by atoms with Crippen molar-refractivity contribution in [3.8, 4) is 5.69 Å². The first kappa shape index (κ1) is 15.1. The molecule has 3 rings (SSSR count). The molecular formula is C16H14ClN5O. The van der Waals surface area contributed by atoms with Crippen molar-refractivity contribution >= 4 is 29.0 Å². The number of aromatic nitrogens is 3. The van der Waals surface area contributed by atoms with Gasteiger partial charge in [-0.05, 0) is 31.2 Å². The Morgan fingerprint density at radius 3 is 2.57 bits per heavy atom. The lowest BCUT2D eigenvalue weighted by molar-refractivity contribution is 0.102. The van der Waals surface area contributed by atoms with E-state index in [4.69, 9.17) is 17.3 Å². The number of nitrogens with one attached hydrogen (secondary N) is 1. The average Bonchev–Trinajstić information content (AvgIpc) is 2.92. The fourth-order valence-electron chi connectivity index (χ4n) is 2.07. The minimum absolute atomic E-state index is 0.0468. The number of benzene rings is 2. The molecule has 0 saturated heterocycles. The number of nitrogens with two attached hydrogens (primary N) is 1. The Balaban J connectivity index is 1.88. The molecule has 0 saturated carbocycles. The van der Waals surface area contributed by atoms with Crippen LogP contribution in [-0.2, 0) is 0 Å². The lowest BCUT2D eigenvalue weighted by atomic mass is 10.2. The van der Waals surface area contributed by atoms with Crippen LogP contribution in [0.15, 0.2) is 48.5 Å². The van der Waals surface area contributed by atoms with Crippen LogP contribution in [0.4, 0.5) is 11.5 Å². The number of hydrogen-bond donors (Lipinski definition) is 2. The van der Waals surface area contributed by atoms with Gasteiger partial charge in [0.15, 0.2) is 11.5 Å². The van der Waals surface area contributed by atoms with Crippen LogP contribution in [0.3, 0.4) is 0 Å². The van der Waals surface area contributed by atoms with Gasteiger partial charge in [0.1, 0.15) is 0 Å². The first-order chi connectivity index (χ1) is 11.1. The summed E-state index contributed by atoms with van der Waals surface area (Å²) in [5.41, 5.74) is 8.39. The first-order valence-electron chi connectivity index (χ1n) is 6.90. The van der Waals surface area contributed by atoms with E-state index < -0.39 is 5.91 Å². The number of halogens is 1. The van der Waals surface area contributed by atoms with Gasteiger partial charge in [-0.1, -0.05) is 46.6 Å². The Hall–Kier alpha value is -2.86. The highest BCUT2D eigenvalue weighted by atomic mass is 35.5. The van der Waals surface area contributed by atoms with Crippen LogP contribution in [0.1, 0.15) is 16.1 Å². The molecule has 0 fully saturated rings. The molecular weight excluding hydrogens is 314 g/mol. The lowest BCUT2D eigenvalue weighted by Gasteiger charge is -2.06. The van der Waals surface area contributed by atoms with Gasteiger partial charge in [-0.25, -0.2) is 0 Å². The van der Waals surface area contributed by atoms with Crippen molar-refractivity contribution in [1.29, 1.82) is 0 Å². The van der Waals surface area contributed by atoms with E-state index in [9.17, 15) is 4.79 Å². The summed E-state index contributed by atoms with van der Waals surface area (Å²) in [7, 11) is 0. The number of rotatable bonds is 3. The Morgan fingerprint density at radius 2 is 1.87 bits per heavy atom. The minimum Gasteiger partial charge on any atom is -0.382 e. The summed E-state index contributed by atoms with van der Waals surface area (Å²) < 4.78 is 1.42. The summed E-state index contributed by atoms with van der Waals surface area (Å²) in [5.74, 6) is -0.299. The molecule has 0 aliphatic carbocycles. The van der Waals surface area contributed by atoms with E-state index in [1.165, 1.54) is 4.68 Å². The topological polar surface area (TPSA) is 85.8 Å². The number of nitrogens with zero attached hydrogens (tertiary/aromatic N) is 3. The molecule has 0 bridgehead atoms. The minimum atomic E-state index is -0.464. The molecule has 3 aromatic rings. The zero-order valence-electron chi connectivity index (χ0n) is 12.3. The van der Waals surface area contributed by atoms with Gasteiger partial charge < -0.3 is 11.1 Å². The summed E-state index contributed by atoms with van der Waals surface area (Å²) in [6, 6.07) is 14.5. The summed E-state index contributed by atoms with van der Waals surface area (Å²) >= 11 is 6.02. The maximum atomic E-state index is 12.3. The summed E-state index contributed by atoms with van der Waals surface area (Å²) in [4.78, 5) is 12.3. The number of para-hydroxylation sites is 1. The van der Waals surface area contributed by atoms with Gasteiger partial charge in [0.2, 0.25) is 0 Å². The van der Waals surface area contributed by atoms with Gasteiger partial charge in [0.25, 0.3) is 5.91 Å². The third-order valence-electron chi connectivity index (χ3n) is 3.32. The SMILES string of the molecule is Cc1ccc(-n2nnc(C(=O)Nc3ccccc3Cl)c2N)cc1. The van der Waals surface area contributed by atoms with Crippen molar-refractivity contribution in [2.45, 2.75) is 6.92 Å². The molecule has 0 radical (unpaired) electrons. The molecule has 1 aromatic heterocycles. The number of carbonyl (C=O) groups is 1. The largest absolute Gasteiger partial charge is 0.382 e. The number of aryl methyl sites for hydroxylation is 1. The van der Waals surface area contributed by atoms with Crippen LogP contribution in [0, 0.1) is 6.92 Å². The highest BCUT2D eigenvalue weighted by Gasteiger charge is 2.19. The van der Waals surface area contributed by atoms with Gasteiger partial charge >= 0.3 is 0 Å². The molecule has 0 unspecified atom stereocenters. The van der Waals surface area contributed by atoms with Crippen molar-refractivity contribution in [3.05, 3.63) is 64.8 Å². The molecule has 3 N–H and O–H groups in total. The molecule has 0 aliphatic heterocycles. The van der Waals surface area contributed by atoms with Crippen LogP contribution in [0.2, 0.25) is 5.02 Å². The molecule has 0 spiro atoms. The zero-order chi connectivity index (χ0) is 16.4. The first-order valence-corrected chi connectivity index (χ1v) is 7.28. The van der Waals surface area contributed by atoms with E-state index in [1.54, 1.807) is 24.3 Å². The Kier molecular flexibility index (Phi) is 3.99. The highest BCUT2D eigenvalue weighted by molar-refractivity contribution is 6.33. The summed E-state index contributed by atoms with van der Waals surface area (Å²) in [6.45, 7) is 1.98. The fourth-order valence-corrected chi connectivity index (χ4v) is 2.25. The van der Waals surface area contributed by atoms with E-state index in [-0.39, 0.29) is 11.5 Å². The van der Waals surface area contributed by atoms with Crippen molar-refractivity contribution < 1.29 is 4.79 Å². The van der Waals surface area contributed by atoms with Crippen molar-refractivity contribution in [3.63, 3.8) is 0 Å². The average molecular weight is 328 g/mol. The zero-order valence-corrected chi connectivity index (χ0v) is 13.1. The number of anilines is 2. The van der Waals surface area contributed by atoms with Crippen molar-refractivity contribution in [2.24, 2.45) is 0 Å². The smallest absolute Gasteiger partial charge is 0.280 e. The molecule has 7 heteroatoms. The van der Waals surface area contributed by atoms with Crippen LogP contribution >= 0.6 is 11.6 Å². The maximum absolute atomic E-state index is 12.3. The molecule has 23 heavy (non-hydrogen) atoms. The van der Waals surface area contributed by atoms with Crippen LogP contribution in [0.25, 0.3) is 5.69 Å². The molecule has 1 heterocycles. The van der Waals surface area contributed by atoms with E-state index in [2.05, 4.69) is 15.6 Å².